The minimum Gasteiger partial charge on any atom is -0.394 e. The Morgan fingerprint density at radius 3 is 2.56 bits per heavy atom. The Morgan fingerprint density at radius 2 is 1.93 bits per heavy atom. The molecule has 9 N–H and O–H groups in total. The van der Waals surface area contributed by atoms with Gasteiger partial charge in [0.15, 0.2) is 29.6 Å². The van der Waals surface area contributed by atoms with Gasteiger partial charge in [0.25, 0.3) is 0 Å². The molecule has 45 heavy (non-hydrogen) atoms. The summed E-state index contributed by atoms with van der Waals surface area (Å²) in [4.78, 5) is 22.5. The highest BCUT2D eigenvalue weighted by Gasteiger charge is 2.59. The number of nitrogens with zero attached hydrogens (tertiary/aromatic N) is 4. The first kappa shape index (κ1) is 36.2. The number of ether oxygens (including phenoxy) is 3. The first-order chi connectivity index (χ1) is 21.0. The summed E-state index contributed by atoms with van der Waals surface area (Å²) in [5.41, 5.74) is 5.00. The molecule has 2 aliphatic rings. The number of phosphoric acid groups is 1. The number of nitrogens with two attached hydrogens (primary N) is 1. The molecule has 2 aromatic heterocycles. The number of aliphatic hydroxyl groups excluding tert-OH is 6. The van der Waals surface area contributed by atoms with E-state index in [-0.39, 0.29) is 17.0 Å². The first-order valence-corrected chi connectivity index (χ1v) is 17.3. The van der Waals surface area contributed by atoms with Gasteiger partial charge in [0.1, 0.15) is 36.3 Å². The summed E-state index contributed by atoms with van der Waals surface area (Å²) >= 11 is 3.69. The number of hydrogen-bond donors (Lipinski definition) is 9. The highest BCUT2D eigenvalue weighted by Crippen LogP contribution is 2.66. The van der Waals surface area contributed by atoms with Gasteiger partial charge in [0, 0.05) is 13.0 Å². The third kappa shape index (κ3) is 7.14. The van der Waals surface area contributed by atoms with Crippen LogP contribution in [0.5, 0.6) is 0 Å². The lowest BCUT2D eigenvalue weighted by Gasteiger charge is -2.36. The molecular formula is C22H35N5O15P2S. The van der Waals surface area contributed by atoms with Gasteiger partial charge in [-0.2, -0.15) is 4.31 Å². The Kier molecular flexibility index (Phi) is 11.1. The highest BCUT2D eigenvalue weighted by molar-refractivity contribution is 8.45. The van der Waals surface area contributed by atoms with Crippen LogP contribution in [-0.4, -0.2) is 130 Å². The van der Waals surface area contributed by atoms with Crippen molar-refractivity contribution in [3.63, 3.8) is 0 Å². The van der Waals surface area contributed by atoms with Gasteiger partial charge in [0.05, 0.1) is 38.4 Å². The molecule has 4 heterocycles. The Balaban J connectivity index is 1.47. The molecule has 0 aromatic carbocycles. The smallest absolute Gasteiger partial charge is 0.394 e. The standard InChI is InChI=1S/C22H35N5O15P2S/c1-9(2)22(37-3)17(33)12(40-21(22)27-8-26-13-18(23)24-7-25-19(13)27)6-39-44(36,45)42-43(34,35)41-20-16(32)15(31)14(30)10(5-38-20)11(29)4-28/h7-8,10-12,14-17,20-21,28-33H,1,4-6H2,2-3H3,(H,34,35)(H,36,45)(H2,23,24,25)/t10?,11-,12+,14?,15?,16?,17+,20?,21+,22+,44?/m0/s1. The first-order valence-electron chi connectivity index (χ1n) is 13.1. The lowest BCUT2D eigenvalue weighted by atomic mass is 9.87. The van der Waals surface area contributed by atoms with E-state index in [1.165, 1.54) is 24.3 Å². The Labute approximate surface area is 260 Å². The number of nitrogen functional groups attached to an aromatic ring is 1. The van der Waals surface area contributed by atoms with Crippen LogP contribution in [-0.2, 0) is 36.7 Å². The number of imidazole rings is 1. The summed E-state index contributed by atoms with van der Waals surface area (Å²) in [6.45, 7) is -1.59. The zero-order valence-corrected chi connectivity index (χ0v) is 26.5. The van der Waals surface area contributed by atoms with Crippen LogP contribution in [0.15, 0.2) is 24.8 Å². The van der Waals surface area contributed by atoms with Crippen LogP contribution in [0.1, 0.15) is 13.2 Å². The van der Waals surface area contributed by atoms with Crippen molar-refractivity contribution in [1.29, 1.82) is 0 Å². The van der Waals surface area contributed by atoms with Crippen LogP contribution in [0.3, 0.4) is 0 Å². The Morgan fingerprint density at radius 1 is 1.24 bits per heavy atom. The molecule has 0 bridgehead atoms. The number of fused-ring (bicyclic) bond motifs is 1. The maximum absolute atomic E-state index is 13.0. The largest absolute Gasteiger partial charge is 0.482 e. The Hall–Kier alpha value is -1.62. The molecule has 2 saturated heterocycles. The summed E-state index contributed by atoms with van der Waals surface area (Å²) in [5.74, 6) is -1.24. The minimum atomic E-state index is -5.48. The molecule has 0 radical (unpaired) electrons. The van der Waals surface area contributed by atoms with Crippen molar-refractivity contribution in [2.45, 2.75) is 61.7 Å². The molecule has 12 atom stereocenters. The van der Waals surface area contributed by atoms with E-state index < -0.39 is 95.1 Å². The monoisotopic (exact) mass is 703 g/mol. The number of anilines is 1. The van der Waals surface area contributed by atoms with Crippen molar-refractivity contribution in [3.8, 4) is 0 Å². The van der Waals surface area contributed by atoms with Crippen molar-refractivity contribution in [1.82, 2.24) is 19.5 Å². The van der Waals surface area contributed by atoms with Gasteiger partial charge in [-0.15, -0.1) is 0 Å². The number of hydrogen-bond acceptors (Lipinski definition) is 18. The summed E-state index contributed by atoms with van der Waals surface area (Å²) in [6.07, 6.45) is -11.3. The molecule has 2 aromatic rings. The molecule has 4 rings (SSSR count). The minimum absolute atomic E-state index is 0.0781. The lowest BCUT2D eigenvalue weighted by Crippen LogP contribution is -2.49. The van der Waals surface area contributed by atoms with Crippen LogP contribution in [0.25, 0.3) is 11.2 Å². The van der Waals surface area contributed by atoms with Crippen molar-refractivity contribution in [3.05, 3.63) is 24.8 Å². The van der Waals surface area contributed by atoms with E-state index in [1.807, 2.05) is 0 Å². The molecule has 2 fully saturated rings. The summed E-state index contributed by atoms with van der Waals surface area (Å²) < 4.78 is 58.4. The van der Waals surface area contributed by atoms with E-state index in [1.54, 1.807) is 6.92 Å². The van der Waals surface area contributed by atoms with Gasteiger partial charge in [-0.3, -0.25) is 13.6 Å². The molecule has 0 aliphatic carbocycles. The maximum atomic E-state index is 13.0. The third-order valence-corrected chi connectivity index (χ3v) is 11.1. The Bertz CT molecular complexity index is 1470. The maximum Gasteiger partial charge on any atom is 0.482 e. The van der Waals surface area contributed by atoms with E-state index in [0.717, 1.165) is 0 Å². The van der Waals surface area contributed by atoms with Gasteiger partial charge in [-0.1, -0.05) is 18.8 Å². The molecule has 20 nitrogen and oxygen atoms in total. The average Bonchev–Trinajstić information content (AvgIpc) is 3.50. The van der Waals surface area contributed by atoms with E-state index in [2.05, 4.69) is 38.1 Å². The SMILES string of the molecule is C=C(C)[C@@]1(OC)[C@H](O)[C@@H](COP(=O)(S)OP(=O)(O)OC2OCC([C@@H](O)CO)C(O)C(O)C2O)O[C@H]1n1cnc2c(N)ncnc21. The van der Waals surface area contributed by atoms with Gasteiger partial charge in [-0.25, -0.2) is 24.1 Å². The molecule has 2 aliphatic heterocycles. The number of rotatable bonds is 12. The fourth-order valence-corrected chi connectivity index (χ4v) is 8.32. The number of thiol groups is 1. The van der Waals surface area contributed by atoms with Crippen LogP contribution in [0.4, 0.5) is 5.82 Å². The quantitative estimate of drug-likeness (QED) is 0.0671. The zero-order chi connectivity index (χ0) is 33.5. The summed E-state index contributed by atoms with van der Waals surface area (Å²) in [7, 11) is -4.19. The van der Waals surface area contributed by atoms with E-state index in [0.29, 0.717) is 5.57 Å². The van der Waals surface area contributed by atoms with E-state index in [4.69, 9.17) is 34.1 Å². The summed E-state index contributed by atoms with van der Waals surface area (Å²) in [5, 5.41) is 61.0. The van der Waals surface area contributed by atoms with Crippen molar-refractivity contribution in [2.75, 3.05) is 32.7 Å². The number of aliphatic hydroxyl groups is 6. The second kappa shape index (κ2) is 13.9. The van der Waals surface area contributed by atoms with Crippen molar-refractivity contribution >= 4 is 43.9 Å². The molecule has 254 valence electrons. The predicted octanol–water partition coefficient (Wildman–Crippen LogP) is -1.78. The number of methoxy groups -OCH3 is 1. The molecule has 0 spiro atoms. The van der Waals surface area contributed by atoms with Crippen LogP contribution < -0.4 is 5.73 Å². The second-order valence-corrected chi connectivity index (χ2v) is 14.8. The third-order valence-electron chi connectivity index (χ3n) is 7.50. The fourth-order valence-electron chi connectivity index (χ4n) is 5.13. The summed E-state index contributed by atoms with van der Waals surface area (Å²) in [6, 6.07) is 0. The topological polar surface area (TPSA) is 301 Å². The van der Waals surface area contributed by atoms with Gasteiger partial charge < -0.3 is 55.5 Å². The van der Waals surface area contributed by atoms with Gasteiger partial charge in [-0.05, 0) is 12.5 Å². The fraction of sp³-hybridized carbons (Fsp3) is 0.682. The molecule has 0 amide bonds. The lowest BCUT2D eigenvalue weighted by molar-refractivity contribution is -0.173. The predicted molar refractivity (Wildman–Crippen MR) is 153 cm³/mol. The van der Waals surface area contributed by atoms with Gasteiger partial charge in [0.2, 0.25) is 0 Å². The molecule has 0 saturated carbocycles. The number of aromatic nitrogens is 4. The van der Waals surface area contributed by atoms with Gasteiger partial charge >= 0.3 is 14.6 Å². The molecule has 7 unspecified atom stereocenters. The molecule has 23 heteroatoms. The normalized spacial score (nSPS) is 35.9. The van der Waals surface area contributed by atoms with Crippen molar-refractivity contribution in [2.24, 2.45) is 5.92 Å². The average molecular weight is 704 g/mol. The highest BCUT2D eigenvalue weighted by atomic mass is 32.7. The van der Waals surface area contributed by atoms with Crippen molar-refractivity contribution < 1.29 is 72.2 Å². The molecular weight excluding hydrogens is 668 g/mol. The zero-order valence-electron chi connectivity index (χ0n) is 23.8. The second-order valence-electron chi connectivity index (χ2n) is 10.3. The van der Waals surface area contributed by atoms with E-state index in [9.17, 15) is 39.6 Å². The van der Waals surface area contributed by atoms with Crippen LogP contribution in [0.2, 0.25) is 0 Å². The van der Waals surface area contributed by atoms with E-state index >= 15 is 0 Å². The van der Waals surface area contributed by atoms with Crippen LogP contribution in [0, 0.1) is 5.92 Å². The number of phosphoric ester groups is 1. The van der Waals surface area contributed by atoms with Crippen LogP contribution >= 0.6 is 26.9 Å².